The first-order valence-corrected chi connectivity index (χ1v) is 8.54. The van der Waals surface area contributed by atoms with E-state index in [2.05, 4.69) is 15.0 Å². The first-order chi connectivity index (χ1) is 13.4. The van der Waals surface area contributed by atoms with Crippen molar-refractivity contribution in [2.24, 2.45) is 0 Å². The molecule has 0 aliphatic heterocycles. The molecule has 0 unspecified atom stereocenters. The highest BCUT2D eigenvalue weighted by atomic mass is 32.1. The third-order valence-corrected chi connectivity index (χ3v) is 4.47. The largest absolute Gasteiger partial charge is 0.477 e. The zero-order chi connectivity index (χ0) is 20.3. The Morgan fingerprint density at radius 2 is 2.07 bits per heavy atom. The van der Waals surface area contributed by atoms with Crippen LogP contribution in [0.3, 0.4) is 0 Å². The van der Waals surface area contributed by atoms with Crippen LogP contribution in [-0.4, -0.2) is 35.5 Å². The highest BCUT2D eigenvalue weighted by molar-refractivity contribution is 7.22. The lowest BCUT2D eigenvalue weighted by Crippen LogP contribution is -2.20. The van der Waals surface area contributed by atoms with Gasteiger partial charge >= 0.3 is 11.7 Å². The van der Waals surface area contributed by atoms with Crippen molar-refractivity contribution in [3.8, 4) is 5.75 Å². The van der Waals surface area contributed by atoms with Crippen molar-refractivity contribution in [1.29, 1.82) is 0 Å². The quantitative estimate of drug-likeness (QED) is 0.380. The first kappa shape index (κ1) is 19.2. The van der Waals surface area contributed by atoms with Gasteiger partial charge in [0, 0.05) is 6.07 Å². The van der Waals surface area contributed by atoms with Gasteiger partial charge < -0.3 is 9.47 Å². The molecule has 11 heteroatoms. The van der Waals surface area contributed by atoms with Crippen molar-refractivity contribution >= 4 is 44.2 Å². The van der Waals surface area contributed by atoms with Crippen LogP contribution in [0.4, 0.5) is 15.2 Å². The first-order valence-electron chi connectivity index (χ1n) is 7.73. The van der Waals surface area contributed by atoms with Gasteiger partial charge in [0.25, 0.3) is 5.91 Å². The van der Waals surface area contributed by atoms with Gasteiger partial charge in [-0.3, -0.25) is 20.2 Å². The van der Waals surface area contributed by atoms with Crippen molar-refractivity contribution in [3.05, 3.63) is 57.9 Å². The van der Waals surface area contributed by atoms with E-state index in [1.807, 2.05) is 0 Å². The number of rotatable bonds is 6. The lowest BCUT2D eigenvalue weighted by molar-refractivity contribution is -0.385. The minimum atomic E-state index is -0.736. The molecule has 0 bridgehead atoms. The molecule has 1 aromatic heterocycles. The van der Waals surface area contributed by atoms with Gasteiger partial charge in [0.05, 0.1) is 27.8 Å². The third-order valence-electron chi connectivity index (χ3n) is 3.53. The molecule has 3 rings (SSSR count). The molecule has 0 saturated carbocycles. The fourth-order valence-electron chi connectivity index (χ4n) is 2.28. The number of aromatic nitrogens is 1. The Labute approximate surface area is 160 Å². The second-order valence-corrected chi connectivity index (χ2v) is 6.43. The number of amides is 1. The van der Waals surface area contributed by atoms with E-state index in [1.54, 1.807) is 0 Å². The van der Waals surface area contributed by atoms with E-state index in [4.69, 9.17) is 4.74 Å². The van der Waals surface area contributed by atoms with Crippen molar-refractivity contribution in [2.45, 2.75) is 0 Å². The maximum absolute atomic E-state index is 13.2. The average molecular weight is 405 g/mol. The molecule has 0 saturated heterocycles. The number of esters is 1. The molecule has 9 nitrogen and oxygen atoms in total. The summed E-state index contributed by atoms with van der Waals surface area (Å²) in [6, 6.07) is 7.53. The summed E-state index contributed by atoms with van der Waals surface area (Å²) in [5.74, 6) is -1.94. The number of halogens is 1. The number of thiazole rings is 1. The fourth-order valence-corrected chi connectivity index (χ4v) is 3.18. The Morgan fingerprint density at radius 1 is 1.29 bits per heavy atom. The molecular formula is C17H12FN3O6S. The predicted octanol–water partition coefficient (Wildman–Crippen LogP) is 3.15. The summed E-state index contributed by atoms with van der Waals surface area (Å²) in [6.45, 7) is -0.525. The second-order valence-electron chi connectivity index (χ2n) is 5.40. The molecule has 0 fully saturated rings. The zero-order valence-electron chi connectivity index (χ0n) is 14.3. The highest BCUT2D eigenvalue weighted by Gasteiger charge is 2.20. The topological polar surface area (TPSA) is 121 Å². The van der Waals surface area contributed by atoms with Crippen LogP contribution in [-0.2, 0) is 9.53 Å². The lowest BCUT2D eigenvalue weighted by atomic mass is 10.2. The number of anilines is 1. The number of carbonyl (C=O) groups is 2. The smallest absolute Gasteiger partial charge is 0.338 e. The SMILES string of the molecule is COC(=O)c1ccc(OCC(=O)Nc2nc3ccc(F)cc3s2)c([N+](=O)[O-])c1. The molecule has 1 heterocycles. The molecule has 0 aliphatic carbocycles. The van der Waals surface area contributed by atoms with Crippen molar-refractivity contribution in [3.63, 3.8) is 0 Å². The van der Waals surface area contributed by atoms with Crippen LogP contribution in [0.5, 0.6) is 5.75 Å². The molecule has 0 atom stereocenters. The molecule has 2 aromatic carbocycles. The highest BCUT2D eigenvalue weighted by Crippen LogP contribution is 2.29. The molecule has 1 N–H and O–H groups in total. The van der Waals surface area contributed by atoms with E-state index >= 15 is 0 Å². The number of carbonyl (C=O) groups excluding carboxylic acids is 2. The van der Waals surface area contributed by atoms with Gasteiger partial charge in [-0.25, -0.2) is 14.2 Å². The summed E-state index contributed by atoms with van der Waals surface area (Å²) in [5, 5.41) is 13.9. The van der Waals surface area contributed by atoms with Crippen LogP contribution in [0.15, 0.2) is 36.4 Å². The van der Waals surface area contributed by atoms with Gasteiger partial charge in [0.1, 0.15) is 5.82 Å². The van der Waals surface area contributed by atoms with Gasteiger partial charge in [0.15, 0.2) is 17.5 Å². The van der Waals surface area contributed by atoms with Gasteiger partial charge in [-0.1, -0.05) is 11.3 Å². The average Bonchev–Trinajstić information content (AvgIpc) is 3.06. The molecule has 3 aromatic rings. The number of nitrogens with zero attached hydrogens (tertiary/aromatic N) is 2. The van der Waals surface area contributed by atoms with Crippen LogP contribution in [0.25, 0.3) is 10.2 Å². The van der Waals surface area contributed by atoms with Crippen LogP contribution < -0.4 is 10.1 Å². The minimum absolute atomic E-state index is 0.0206. The second kappa shape index (κ2) is 7.96. The van der Waals surface area contributed by atoms with E-state index in [1.165, 1.54) is 30.3 Å². The van der Waals surface area contributed by atoms with Crippen molar-refractivity contribution in [1.82, 2.24) is 4.98 Å². The standard InChI is InChI=1S/C17H12FN3O6S/c1-26-16(23)9-2-5-13(12(6-9)21(24)25)27-8-15(22)20-17-19-11-4-3-10(18)7-14(11)28-17/h2-7H,8H2,1H3,(H,19,20,22). The van der Waals surface area contributed by atoms with Crippen molar-refractivity contribution < 1.29 is 28.4 Å². The predicted molar refractivity (Wildman–Crippen MR) is 98.1 cm³/mol. The molecule has 144 valence electrons. The monoisotopic (exact) mass is 405 g/mol. The number of ether oxygens (including phenoxy) is 2. The van der Waals surface area contributed by atoms with E-state index in [0.29, 0.717) is 10.2 Å². The molecule has 0 spiro atoms. The van der Waals surface area contributed by atoms with Gasteiger partial charge in [-0.15, -0.1) is 0 Å². The number of hydrogen-bond donors (Lipinski definition) is 1. The van der Waals surface area contributed by atoms with Crippen LogP contribution in [0.2, 0.25) is 0 Å². The number of hydrogen-bond acceptors (Lipinski definition) is 8. The Balaban J connectivity index is 1.69. The van der Waals surface area contributed by atoms with Gasteiger partial charge in [-0.2, -0.15) is 0 Å². The number of nitrogens with one attached hydrogen (secondary N) is 1. The Bertz CT molecular complexity index is 1080. The zero-order valence-corrected chi connectivity index (χ0v) is 15.1. The minimum Gasteiger partial charge on any atom is -0.477 e. The van der Waals surface area contributed by atoms with Gasteiger partial charge in [-0.05, 0) is 30.3 Å². The molecule has 0 radical (unpaired) electrons. The maximum atomic E-state index is 13.2. The number of fused-ring (bicyclic) bond motifs is 1. The van der Waals surface area contributed by atoms with E-state index in [9.17, 15) is 24.1 Å². The molecular weight excluding hydrogens is 393 g/mol. The van der Waals surface area contributed by atoms with E-state index in [0.717, 1.165) is 24.5 Å². The van der Waals surface area contributed by atoms with E-state index < -0.39 is 34.9 Å². The third kappa shape index (κ3) is 4.20. The number of nitro benzene ring substituents is 1. The van der Waals surface area contributed by atoms with Crippen molar-refractivity contribution in [2.75, 3.05) is 19.0 Å². The number of methoxy groups -OCH3 is 1. The van der Waals surface area contributed by atoms with Crippen LogP contribution >= 0.6 is 11.3 Å². The maximum Gasteiger partial charge on any atom is 0.338 e. The Morgan fingerprint density at radius 3 is 2.79 bits per heavy atom. The Kier molecular flexibility index (Phi) is 5.45. The summed E-state index contributed by atoms with van der Waals surface area (Å²) < 4.78 is 23.5. The molecule has 0 aliphatic rings. The summed E-state index contributed by atoms with van der Waals surface area (Å²) in [7, 11) is 1.15. The molecule has 1 amide bonds. The van der Waals surface area contributed by atoms with Gasteiger partial charge in [0.2, 0.25) is 0 Å². The summed E-state index contributed by atoms with van der Waals surface area (Å²) in [6.07, 6.45) is 0. The summed E-state index contributed by atoms with van der Waals surface area (Å²) in [4.78, 5) is 38.1. The fraction of sp³-hybridized carbons (Fsp3) is 0.118. The number of benzene rings is 2. The molecule has 28 heavy (non-hydrogen) atoms. The summed E-state index contributed by atoms with van der Waals surface area (Å²) in [5.41, 5.74) is 0.0236. The normalized spacial score (nSPS) is 10.5. The van der Waals surface area contributed by atoms with Crippen LogP contribution in [0, 0.1) is 15.9 Å². The van der Waals surface area contributed by atoms with E-state index in [-0.39, 0.29) is 16.4 Å². The Hall–Kier alpha value is -3.60. The van der Waals surface area contributed by atoms with Crippen LogP contribution in [0.1, 0.15) is 10.4 Å². The lowest BCUT2D eigenvalue weighted by Gasteiger charge is -2.07. The number of nitro groups is 1. The summed E-state index contributed by atoms with van der Waals surface area (Å²) >= 11 is 1.08.